The average Bonchev–Trinajstić information content (AvgIpc) is 3.10. The summed E-state index contributed by atoms with van der Waals surface area (Å²) in [6.45, 7) is 6.64. The number of ether oxygens (including phenoxy) is 1. The summed E-state index contributed by atoms with van der Waals surface area (Å²) in [7, 11) is 0. The highest BCUT2D eigenvalue weighted by molar-refractivity contribution is 6.31. The number of nitrogens with zero attached hydrogens (tertiary/aromatic N) is 1. The Morgan fingerprint density at radius 1 is 1.40 bits per heavy atom. The number of hydrogen-bond acceptors (Lipinski definition) is 3. The lowest BCUT2D eigenvalue weighted by Gasteiger charge is -2.13. The number of aliphatic imine (C=N–C) groups is 1. The molecule has 138 valence electrons. The first-order valence-corrected chi connectivity index (χ1v) is 9.16. The summed E-state index contributed by atoms with van der Waals surface area (Å²) in [6, 6.07) is 5.48. The van der Waals surface area contributed by atoms with Crippen LogP contribution in [-0.2, 0) is 9.53 Å². The Kier molecular flexibility index (Phi) is 8.01. The molecule has 1 aromatic carbocycles. The fraction of sp³-hybridized carbons (Fsp3) is 0.556. The number of anilines is 1. The maximum absolute atomic E-state index is 12.1. The molecular formula is C18H27ClN4O2. The van der Waals surface area contributed by atoms with Crippen LogP contribution < -0.4 is 16.0 Å². The van der Waals surface area contributed by atoms with E-state index in [0.717, 1.165) is 37.2 Å². The molecule has 1 unspecified atom stereocenters. The number of guanidine groups is 1. The number of amides is 1. The second-order valence-electron chi connectivity index (χ2n) is 5.99. The van der Waals surface area contributed by atoms with E-state index in [2.05, 4.69) is 20.9 Å². The zero-order valence-electron chi connectivity index (χ0n) is 14.9. The zero-order valence-corrected chi connectivity index (χ0v) is 15.7. The molecule has 0 aliphatic carbocycles. The van der Waals surface area contributed by atoms with E-state index in [9.17, 15) is 4.79 Å². The molecule has 1 saturated heterocycles. The molecule has 0 spiro atoms. The van der Waals surface area contributed by atoms with Crippen LogP contribution in [0.15, 0.2) is 23.2 Å². The smallest absolute Gasteiger partial charge is 0.226 e. The quantitative estimate of drug-likeness (QED) is 0.512. The highest BCUT2D eigenvalue weighted by Crippen LogP contribution is 2.22. The second-order valence-corrected chi connectivity index (χ2v) is 6.40. The molecule has 3 N–H and O–H groups in total. The summed E-state index contributed by atoms with van der Waals surface area (Å²) < 4.78 is 5.57. The molecule has 1 amide bonds. The van der Waals surface area contributed by atoms with Crippen molar-refractivity contribution in [2.45, 2.75) is 39.2 Å². The average molecular weight is 367 g/mol. The van der Waals surface area contributed by atoms with E-state index in [1.807, 2.05) is 26.0 Å². The first-order valence-electron chi connectivity index (χ1n) is 8.79. The van der Waals surface area contributed by atoms with Gasteiger partial charge in [0.1, 0.15) is 0 Å². The van der Waals surface area contributed by atoms with E-state index in [1.54, 1.807) is 6.07 Å². The van der Waals surface area contributed by atoms with Gasteiger partial charge in [-0.3, -0.25) is 9.79 Å². The fourth-order valence-corrected chi connectivity index (χ4v) is 2.75. The van der Waals surface area contributed by atoms with Crippen LogP contribution in [0.25, 0.3) is 0 Å². The molecule has 0 radical (unpaired) electrons. The molecule has 1 heterocycles. The summed E-state index contributed by atoms with van der Waals surface area (Å²) in [5.41, 5.74) is 1.62. The van der Waals surface area contributed by atoms with Gasteiger partial charge in [-0.15, -0.1) is 0 Å². The number of benzene rings is 1. The summed E-state index contributed by atoms with van der Waals surface area (Å²) in [5, 5.41) is 9.90. The monoisotopic (exact) mass is 366 g/mol. The van der Waals surface area contributed by atoms with E-state index < -0.39 is 0 Å². The first-order chi connectivity index (χ1) is 12.1. The highest BCUT2D eigenvalue weighted by Gasteiger charge is 2.15. The Balaban J connectivity index is 1.77. The predicted octanol–water partition coefficient (Wildman–Crippen LogP) is 2.71. The molecule has 0 aromatic heterocycles. The molecule has 25 heavy (non-hydrogen) atoms. The normalized spacial score (nSPS) is 17.4. The Morgan fingerprint density at radius 2 is 2.24 bits per heavy atom. The van der Waals surface area contributed by atoms with Crippen molar-refractivity contribution >= 4 is 29.2 Å². The van der Waals surface area contributed by atoms with Gasteiger partial charge in [0, 0.05) is 36.8 Å². The zero-order chi connectivity index (χ0) is 18.1. The number of carbonyl (C=O) groups excluding carboxylic acids is 1. The van der Waals surface area contributed by atoms with Crippen LogP contribution in [0.2, 0.25) is 5.02 Å². The predicted molar refractivity (Wildman–Crippen MR) is 102 cm³/mol. The number of halogens is 1. The minimum Gasteiger partial charge on any atom is -0.376 e. The van der Waals surface area contributed by atoms with Crippen molar-refractivity contribution < 1.29 is 9.53 Å². The van der Waals surface area contributed by atoms with Crippen molar-refractivity contribution in [2.75, 3.05) is 31.6 Å². The SMILES string of the molecule is CCNC(=NCC1CCCO1)NCCC(=O)Nc1cccc(Cl)c1C. The molecule has 6 nitrogen and oxygen atoms in total. The van der Waals surface area contributed by atoms with E-state index >= 15 is 0 Å². The Bertz CT molecular complexity index is 601. The van der Waals surface area contributed by atoms with Gasteiger partial charge >= 0.3 is 0 Å². The largest absolute Gasteiger partial charge is 0.376 e. The van der Waals surface area contributed by atoms with E-state index in [1.165, 1.54) is 0 Å². The lowest BCUT2D eigenvalue weighted by atomic mass is 10.2. The molecule has 0 bridgehead atoms. The topological polar surface area (TPSA) is 74.8 Å². The summed E-state index contributed by atoms with van der Waals surface area (Å²) in [6.07, 6.45) is 2.72. The second kappa shape index (κ2) is 10.3. The van der Waals surface area contributed by atoms with Crippen molar-refractivity contribution in [3.63, 3.8) is 0 Å². The van der Waals surface area contributed by atoms with Gasteiger partial charge in [-0.25, -0.2) is 0 Å². The molecule has 0 saturated carbocycles. The Hall–Kier alpha value is -1.79. The standard InChI is InChI=1S/C18H27ClN4O2/c1-3-20-18(22-12-14-6-5-11-25-14)21-10-9-17(24)23-16-8-4-7-15(19)13(16)2/h4,7-8,14H,3,5-6,9-12H2,1-2H3,(H,23,24)(H2,20,21,22). The molecule has 1 fully saturated rings. The lowest BCUT2D eigenvalue weighted by molar-refractivity contribution is -0.116. The molecule has 1 aliphatic heterocycles. The third-order valence-electron chi connectivity index (χ3n) is 4.01. The lowest BCUT2D eigenvalue weighted by Crippen LogP contribution is -2.39. The van der Waals surface area contributed by atoms with Crippen LogP contribution in [0.5, 0.6) is 0 Å². The molecule has 1 aliphatic rings. The summed E-state index contributed by atoms with van der Waals surface area (Å²) >= 11 is 6.07. The van der Waals surface area contributed by atoms with Gasteiger partial charge in [-0.05, 0) is 44.4 Å². The molecule has 7 heteroatoms. The first kappa shape index (κ1) is 19.5. The minimum atomic E-state index is -0.0622. The van der Waals surface area contributed by atoms with E-state index in [0.29, 0.717) is 30.5 Å². The van der Waals surface area contributed by atoms with Gasteiger partial charge in [-0.2, -0.15) is 0 Å². The van der Waals surface area contributed by atoms with Gasteiger partial charge < -0.3 is 20.7 Å². The van der Waals surface area contributed by atoms with Crippen molar-refractivity contribution in [1.82, 2.24) is 10.6 Å². The number of carbonyl (C=O) groups is 1. The van der Waals surface area contributed by atoms with Crippen molar-refractivity contribution in [3.8, 4) is 0 Å². The van der Waals surface area contributed by atoms with Gasteiger partial charge in [0.25, 0.3) is 0 Å². The Morgan fingerprint density at radius 3 is 2.96 bits per heavy atom. The fourth-order valence-electron chi connectivity index (χ4n) is 2.57. The minimum absolute atomic E-state index is 0.0622. The van der Waals surface area contributed by atoms with Crippen LogP contribution >= 0.6 is 11.6 Å². The van der Waals surface area contributed by atoms with Crippen LogP contribution in [0.1, 0.15) is 31.7 Å². The molecule has 1 aromatic rings. The van der Waals surface area contributed by atoms with Gasteiger partial charge in [0.2, 0.25) is 5.91 Å². The van der Waals surface area contributed by atoms with Gasteiger partial charge in [-0.1, -0.05) is 17.7 Å². The van der Waals surface area contributed by atoms with E-state index in [4.69, 9.17) is 16.3 Å². The molecular weight excluding hydrogens is 340 g/mol. The van der Waals surface area contributed by atoms with Gasteiger partial charge in [0.05, 0.1) is 12.6 Å². The molecule has 2 rings (SSSR count). The third-order valence-corrected chi connectivity index (χ3v) is 4.42. The maximum Gasteiger partial charge on any atom is 0.226 e. The van der Waals surface area contributed by atoms with Crippen LogP contribution in [0, 0.1) is 6.92 Å². The van der Waals surface area contributed by atoms with Crippen molar-refractivity contribution in [3.05, 3.63) is 28.8 Å². The van der Waals surface area contributed by atoms with Gasteiger partial charge in [0.15, 0.2) is 5.96 Å². The van der Waals surface area contributed by atoms with Crippen LogP contribution in [-0.4, -0.2) is 44.2 Å². The number of hydrogen-bond donors (Lipinski definition) is 3. The Labute approximate surface area is 154 Å². The molecule has 1 atom stereocenters. The van der Waals surface area contributed by atoms with Crippen molar-refractivity contribution in [2.24, 2.45) is 4.99 Å². The summed E-state index contributed by atoms with van der Waals surface area (Å²) in [4.78, 5) is 16.6. The maximum atomic E-state index is 12.1. The summed E-state index contributed by atoms with van der Waals surface area (Å²) in [5.74, 6) is 0.651. The van der Waals surface area contributed by atoms with E-state index in [-0.39, 0.29) is 12.0 Å². The highest BCUT2D eigenvalue weighted by atomic mass is 35.5. The number of nitrogens with one attached hydrogen (secondary N) is 3. The third kappa shape index (κ3) is 6.55. The van der Waals surface area contributed by atoms with Crippen molar-refractivity contribution in [1.29, 1.82) is 0 Å². The number of rotatable bonds is 7. The van der Waals surface area contributed by atoms with Crippen LogP contribution in [0.3, 0.4) is 0 Å². The van der Waals surface area contributed by atoms with Crippen LogP contribution in [0.4, 0.5) is 5.69 Å².